The van der Waals surface area contributed by atoms with E-state index in [-0.39, 0.29) is 11.8 Å². The first-order chi connectivity index (χ1) is 9.58. The zero-order chi connectivity index (χ0) is 14.5. The number of carbonyl (C=O) groups is 1. The van der Waals surface area contributed by atoms with Crippen LogP contribution in [-0.2, 0) is 16.1 Å². The molecular formula is C13H16N2O5. The predicted octanol–water partition coefficient (Wildman–Crippen LogP) is 1.32. The highest BCUT2D eigenvalue weighted by Crippen LogP contribution is 2.20. The zero-order valence-corrected chi connectivity index (χ0v) is 10.8. The minimum absolute atomic E-state index is 0.0794. The molecule has 2 N–H and O–H groups in total. The van der Waals surface area contributed by atoms with E-state index >= 15 is 0 Å². The van der Waals surface area contributed by atoms with Crippen LogP contribution in [0.1, 0.15) is 18.4 Å². The number of carboxylic acids is 1. The zero-order valence-electron chi connectivity index (χ0n) is 10.8. The molecule has 1 aromatic carbocycles. The standard InChI is InChI=1S/C13H16N2O5/c16-13(17)12-6-5-10(20-12)8-14-7-9-3-1-2-4-11(9)15(18)19/h1-4,10,12,14H,5-8H2,(H,16,17). The summed E-state index contributed by atoms with van der Waals surface area (Å²) in [6.45, 7) is 0.838. The third kappa shape index (κ3) is 3.52. The minimum Gasteiger partial charge on any atom is -0.479 e. The molecule has 0 radical (unpaired) electrons. The van der Waals surface area contributed by atoms with Crippen LogP contribution in [0.5, 0.6) is 0 Å². The maximum absolute atomic E-state index is 10.8. The maximum Gasteiger partial charge on any atom is 0.332 e. The molecule has 1 heterocycles. The summed E-state index contributed by atoms with van der Waals surface area (Å²) in [7, 11) is 0. The van der Waals surface area contributed by atoms with Crippen LogP contribution < -0.4 is 5.32 Å². The molecule has 0 amide bonds. The van der Waals surface area contributed by atoms with E-state index < -0.39 is 17.0 Å². The van der Waals surface area contributed by atoms with Crippen molar-refractivity contribution in [1.82, 2.24) is 5.32 Å². The first kappa shape index (κ1) is 14.4. The quantitative estimate of drug-likeness (QED) is 0.602. The van der Waals surface area contributed by atoms with Crippen LogP contribution in [0.4, 0.5) is 5.69 Å². The van der Waals surface area contributed by atoms with E-state index in [0.29, 0.717) is 31.5 Å². The fourth-order valence-corrected chi connectivity index (χ4v) is 2.24. The van der Waals surface area contributed by atoms with Crippen LogP contribution in [-0.4, -0.2) is 34.8 Å². The number of para-hydroxylation sites is 1. The first-order valence-corrected chi connectivity index (χ1v) is 6.39. The van der Waals surface area contributed by atoms with E-state index in [9.17, 15) is 14.9 Å². The molecule has 108 valence electrons. The highest BCUT2D eigenvalue weighted by molar-refractivity contribution is 5.72. The first-order valence-electron chi connectivity index (χ1n) is 6.39. The molecule has 1 fully saturated rings. The normalized spacial score (nSPS) is 21.8. The average molecular weight is 280 g/mol. The van der Waals surface area contributed by atoms with Gasteiger partial charge >= 0.3 is 5.97 Å². The molecule has 20 heavy (non-hydrogen) atoms. The van der Waals surface area contributed by atoms with Gasteiger partial charge < -0.3 is 15.2 Å². The van der Waals surface area contributed by atoms with Crippen molar-refractivity contribution in [3.8, 4) is 0 Å². The molecule has 0 spiro atoms. The summed E-state index contributed by atoms with van der Waals surface area (Å²) in [5.74, 6) is -0.939. The Kier molecular flexibility index (Phi) is 4.65. The van der Waals surface area contributed by atoms with E-state index in [1.807, 2.05) is 0 Å². The number of aliphatic carboxylic acids is 1. The summed E-state index contributed by atoms with van der Waals surface area (Å²) in [5.41, 5.74) is 0.682. The summed E-state index contributed by atoms with van der Waals surface area (Å²) >= 11 is 0. The topological polar surface area (TPSA) is 102 Å². The highest BCUT2D eigenvalue weighted by atomic mass is 16.6. The monoisotopic (exact) mass is 280 g/mol. The lowest BCUT2D eigenvalue weighted by Gasteiger charge is -2.12. The lowest BCUT2D eigenvalue weighted by atomic mass is 10.1. The molecule has 1 aliphatic heterocycles. The third-order valence-corrected chi connectivity index (χ3v) is 3.26. The number of carboxylic acid groups (broad SMARTS) is 1. The van der Waals surface area contributed by atoms with E-state index in [1.54, 1.807) is 18.2 Å². The Hall–Kier alpha value is -1.99. The molecule has 0 saturated carbocycles. The number of benzene rings is 1. The minimum atomic E-state index is -0.939. The summed E-state index contributed by atoms with van der Waals surface area (Å²) in [4.78, 5) is 21.2. The van der Waals surface area contributed by atoms with Gasteiger partial charge in [0.15, 0.2) is 6.10 Å². The Morgan fingerprint density at radius 3 is 2.85 bits per heavy atom. The Morgan fingerprint density at radius 2 is 2.20 bits per heavy atom. The second-order valence-corrected chi connectivity index (χ2v) is 4.68. The fraction of sp³-hybridized carbons (Fsp3) is 0.462. The van der Waals surface area contributed by atoms with E-state index in [4.69, 9.17) is 9.84 Å². The molecule has 2 unspecified atom stereocenters. The number of rotatable bonds is 6. The predicted molar refractivity (Wildman–Crippen MR) is 70.3 cm³/mol. The van der Waals surface area contributed by atoms with Gasteiger partial charge in [-0.3, -0.25) is 10.1 Å². The van der Waals surface area contributed by atoms with E-state index in [2.05, 4.69) is 5.32 Å². The number of hydrogen-bond acceptors (Lipinski definition) is 5. The van der Waals surface area contributed by atoms with Crippen molar-refractivity contribution >= 4 is 11.7 Å². The SMILES string of the molecule is O=C(O)C1CCC(CNCc2ccccc2[N+](=O)[O-])O1. The van der Waals surface area contributed by atoms with E-state index in [1.165, 1.54) is 6.07 Å². The number of nitrogens with one attached hydrogen (secondary N) is 1. The van der Waals surface area contributed by atoms with Gasteiger partial charge in [0.05, 0.1) is 11.0 Å². The number of nitrogens with zero attached hydrogens (tertiary/aromatic N) is 1. The maximum atomic E-state index is 10.8. The van der Waals surface area contributed by atoms with Gasteiger partial charge in [0.25, 0.3) is 5.69 Å². The van der Waals surface area contributed by atoms with Crippen molar-refractivity contribution in [3.63, 3.8) is 0 Å². The average Bonchev–Trinajstić information content (AvgIpc) is 2.88. The van der Waals surface area contributed by atoms with Crippen LogP contribution in [0.2, 0.25) is 0 Å². The Labute approximate surface area is 115 Å². The van der Waals surface area contributed by atoms with Crippen molar-refractivity contribution in [2.45, 2.75) is 31.6 Å². The van der Waals surface area contributed by atoms with Crippen LogP contribution in [0.25, 0.3) is 0 Å². The summed E-state index contributed by atoms with van der Waals surface area (Å²) in [6, 6.07) is 6.53. The van der Waals surface area contributed by atoms with Gasteiger partial charge in [0.1, 0.15) is 0 Å². The number of nitro groups is 1. The Balaban J connectivity index is 1.82. The van der Waals surface area contributed by atoms with Crippen molar-refractivity contribution in [3.05, 3.63) is 39.9 Å². The second kappa shape index (κ2) is 6.44. The van der Waals surface area contributed by atoms with Crippen LogP contribution in [0, 0.1) is 10.1 Å². The molecule has 0 aliphatic carbocycles. The Morgan fingerprint density at radius 1 is 1.45 bits per heavy atom. The summed E-state index contributed by atoms with van der Waals surface area (Å²) < 4.78 is 5.34. The van der Waals surface area contributed by atoms with Crippen molar-refractivity contribution < 1.29 is 19.6 Å². The van der Waals surface area contributed by atoms with Crippen molar-refractivity contribution in [2.24, 2.45) is 0 Å². The summed E-state index contributed by atoms with van der Waals surface area (Å²) in [6.07, 6.45) is 0.306. The Bertz CT molecular complexity index is 505. The number of ether oxygens (including phenoxy) is 1. The van der Waals surface area contributed by atoms with E-state index in [0.717, 1.165) is 0 Å². The van der Waals surface area contributed by atoms with Gasteiger partial charge in [0.2, 0.25) is 0 Å². The van der Waals surface area contributed by atoms with Crippen LogP contribution in [0.15, 0.2) is 24.3 Å². The van der Waals surface area contributed by atoms with Gasteiger partial charge in [-0.25, -0.2) is 4.79 Å². The molecule has 1 saturated heterocycles. The number of nitro benzene ring substituents is 1. The van der Waals surface area contributed by atoms with Gasteiger partial charge in [-0.15, -0.1) is 0 Å². The highest BCUT2D eigenvalue weighted by Gasteiger charge is 2.30. The van der Waals surface area contributed by atoms with Gasteiger partial charge in [-0.1, -0.05) is 18.2 Å². The van der Waals surface area contributed by atoms with Crippen molar-refractivity contribution in [2.75, 3.05) is 6.54 Å². The van der Waals surface area contributed by atoms with Crippen LogP contribution in [0.3, 0.4) is 0 Å². The van der Waals surface area contributed by atoms with Gasteiger partial charge in [0, 0.05) is 24.7 Å². The smallest absolute Gasteiger partial charge is 0.332 e. The molecule has 2 atom stereocenters. The summed E-state index contributed by atoms with van der Waals surface area (Å²) in [5, 5.41) is 22.7. The fourth-order valence-electron chi connectivity index (χ4n) is 2.24. The second-order valence-electron chi connectivity index (χ2n) is 4.68. The lowest BCUT2D eigenvalue weighted by molar-refractivity contribution is -0.385. The molecule has 2 rings (SSSR count). The van der Waals surface area contributed by atoms with Crippen molar-refractivity contribution in [1.29, 1.82) is 0 Å². The molecule has 7 nitrogen and oxygen atoms in total. The van der Waals surface area contributed by atoms with Crippen LogP contribution >= 0.6 is 0 Å². The molecule has 7 heteroatoms. The molecule has 1 aromatic rings. The third-order valence-electron chi connectivity index (χ3n) is 3.26. The molecule has 0 aromatic heterocycles. The van der Waals surface area contributed by atoms with Gasteiger partial charge in [-0.05, 0) is 12.8 Å². The lowest BCUT2D eigenvalue weighted by Crippen LogP contribution is -2.28. The largest absolute Gasteiger partial charge is 0.479 e. The molecular weight excluding hydrogens is 264 g/mol. The molecule has 0 bridgehead atoms. The van der Waals surface area contributed by atoms with Gasteiger partial charge in [-0.2, -0.15) is 0 Å². The number of hydrogen-bond donors (Lipinski definition) is 2. The molecule has 1 aliphatic rings.